The third kappa shape index (κ3) is 9.75. The molecule has 2 aromatic rings. The normalized spacial score (nSPS) is 13.0. The van der Waals surface area contributed by atoms with E-state index in [2.05, 4.69) is 9.80 Å². The van der Waals surface area contributed by atoms with Crippen molar-refractivity contribution in [1.82, 2.24) is 9.80 Å². The highest BCUT2D eigenvalue weighted by molar-refractivity contribution is 5.98. The van der Waals surface area contributed by atoms with E-state index in [1.807, 2.05) is 90.6 Å². The lowest BCUT2D eigenvalue weighted by Gasteiger charge is -2.22. The second-order valence-corrected chi connectivity index (χ2v) is 9.85. The Hall–Kier alpha value is -2.70. The van der Waals surface area contributed by atoms with Crippen molar-refractivity contribution < 1.29 is 19.1 Å². The Labute approximate surface area is 217 Å². The SMILES string of the molecule is CCOc1ccc(C(=O)[C@@H](CCCC[C@@H](CN(C)C)C(=O)c2ccc(OCC)cc2)CN(C)C)cc1. The van der Waals surface area contributed by atoms with E-state index in [1.54, 1.807) is 0 Å². The van der Waals surface area contributed by atoms with Crippen LogP contribution in [0.2, 0.25) is 0 Å². The summed E-state index contributed by atoms with van der Waals surface area (Å²) in [6.07, 6.45) is 3.41. The summed E-state index contributed by atoms with van der Waals surface area (Å²) in [6.45, 7) is 6.51. The molecule has 0 saturated carbocycles. The Morgan fingerprint density at radius 3 is 1.25 bits per heavy atom. The Bertz CT molecular complexity index is 845. The van der Waals surface area contributed by atoms with Crippen molar-refractivity contribution in [3.63, 3.8) is 0 Å². The highest BCUT2D eigenvalue weighted by Gasteiger charge is 2.23. The van der Waals surface area contributed by atoms with Crippen molar-refractivity contribution in [1.29, 1.82) is 0 Å². The van der Waals surface area contributed by atoms with E-state index < -0.39 is 0 Å². The van der Waals surface area contributed by atoms with Crippen LogP contribution >= 0.6 is 0 Å². The van der Waals surface area contributed by atoms with E-state index in [0.29, 0.717) is 26.3 Å². The fourth-order valence-corrected chi connectivity index (χ4v) is 4.51. The quantitative estimate of drug-likeness (QED) is 0.214. The van der Waals surface area contributed by atoms with Gasteiger partial charge in [0.15, 0.2) is 11.6 Å². The van der Waals surface area contributed by atoms with E-state index >= 15 is 0 Å². The minimum Gasteiger partial charge on any atom is -0.494 e. The van der Waals surface area contributed by atoms with Gasteiger partial charge in [-0.05, 0) is 103 Å². The standard InChI is InChI=1S/C30H44N2O4/c1-7-35-27-17-13-23(14-18-27)29(33)25(21-31(3)4)11-9-10-12-26(22-32(5)6)30(34)24-15-19-28(20-16-24)36-8-2/h13-20,25-26H,7-12,21-22H2,1-6H3/t25-,26-/m0/s1. The van der Waals surface area contributed by atoms with Gasteiger partial charge in [0.1, 0.15) is 11.5 Å². The van der Waals surface area contributed by atoms with Gasteiger partial charge in [0.25, 0.3) is 0 Å². The zero-order chi connectivity index (χ0) is 26.5. The first-order chi connectivity index (χ1) is 17.2. The van der Waals surface area contributed by atoms with Gasteiger partial charge >= 0.3 is 0 Å². The van der Waals surface area contributed by atoms with E-state index in [0.717, 1.165) is 48.3 Å². The highest BCUT2D eigenvalue weighted by Crippen LogP contribution is 2.23. The largest absolute Gasteiger partial charge is 0.494 e. The number of unbranched alkanes of at least 4 members (excludes halogenated alkanes) is 1. The van der Waals surface area contributed by atoms with E-state index in [1.165, 1.54) is 0 Å². The first-order valence-electron chi connectivity index (χ1n) is 13.1. The number of Topliss-reactive ketones (excluding diaryl/α,β-unsaturated/α-hetero) is 2. The molecule has 2 atom stereocenters. The average molecular weight is 497 g/mol. The van der Waals surface area contributed by atoms with Gasteiger partial charge in [-0.1, -0.05) is 12.8 Å². The number of nitrogens with zero attached hydrogens (tertiary/aromatic N) is 2. The Morgan fingerprint density at radius 2 is 0.972 bits per heavy atom. The summed E-state index contributed by atoms with van der Waals surface area (Å²) in [5, 5.41) is 0. The summed E-state index contributed by atoms with van der Waals surface area (Å²) in [7, 11) is 8.00. The van der Waals surface area contributed by atoms with Crippen molar-refractivity contribution in [2.45, 2.75) is 39.5 Å². The molecule has 0 unspecified atom stereocenters. The summed E-state index contributed by atoms with van der Waals surface area (Å²) in [5.41, 5.74) is 1.45. The van der Waals surface area contributed by atoms with Gasteiger partial charge < -0.3 is 19.3 Å². The molecule has 6 nitrogen and oxygen atoms in total. The van der Waals surface area contributed by atoms with E-state index in [4.69, 9.17) is 9.47 Å². The number of hydrogen-bond acceptors (Lipinski definition) is 6. The summed E-state index contributed by atoms with van der Waals surface area (Å²) >= 11 is 0. The minimum atomic E-state index is -0.0768. The smallest absolute Gasteiger partial charge is 0.167 e. The predicted octanol–water partition coefficient (Wildman–Crippen LogP) is 5.47. The van der Waals surface area contributed by atoms with Crippen LogP contribution in [0.4, 0.5) is 0 Å². The van der Waals surface area contributed by atoms with Crippen LogP contribution in [0.3, 0.4) is 0 Å². The molecule has 0 amide bonds. The average Bonchev–Trinajstić information content (AvgIpc) is 2.85. The molecule has 0 aliphatic carbocycles. The van der Waals surface area contributed by atoms with Crippen LogP contribution in [0, 0.1) is 11.8 Å². The van der Waals surface area contributed by atoms with Crippen LogP contribution in [-0.4, -0.2) is 75.9 Å². The van der Waals surface area contributed by atoms with Crippen molar-refractivity contribution in [2.24, 2.45) is 11.8 Å². The lowest BCUT2D eigenvalue weighted by molar-refractivity contribution is 0.0867. The molecule has 2 rings (SSSR count). The molecule has 2 aromatic carbocycles. The molecule has 0 heterocycles. The van der Waals surface area contributed by atoms with Gasteiger partial charge in [-0.25, -0.2) is 0 Å². The number of hydrogen-bond donors (Lipinski definition) is 0. The van der Waals surface area contributed by atoms with Crippen LogP contribution in [-0.2, 0) is 0 Å². The molecule has 0 N–H and O–H groups in total. The van der Waals surface area contributed by atoms with Crippen molar-refractivity contribution in [3.8, 4) is 11.5 Å². The number of ketones is 2. The molecule has 0 aliphatic heterocycles. The second kappa shape index (κ2) is 15.4. The fourth-order valence-electron chi connectivity index (χ4n) is 4.51. The molecule has 0 spiro atoms. The van der Waals surface area contributed by atoms with Crippen LogP contribution in [0.15, 0.2) is 48.5 Å². The Morgan fingerprint density at radius 1 is 0.639 bits per heavy atom. The lowest BCUT2D eigenvalue weighted by Crippen LogP contribution is -2.29. The predicted molar refractivity (Wildman–Crippen MR) is 146 cm³/mol. The van der Waals surface area contributed by atoms with Gasteiger partial charge in [0.2, 0.25) is 0 Å². The van der Waals surface area contributed by atoms with Gasteiger partial charge in [0, 0.05) is 36.1 Å². The lowest BCUT2D eigenvalue weighted by atomic mass is 9.88. The molecule has 0 bridgehead atoms. The van der Waals surface area contributed by atoms with Crippen LogP contribution in [0.1, 0.15) is 60.2 Å². The number of carbonyl (C=O) groups is 2. The maximum absolute atomic E-state index is 13.3. The van der Waals surface area contributed by atoms with Crippen LogP contribution in [0.5, 0.6) is 11.5 Å². The molecule has 198 valence electrons. The van der Waals surface area contributed by atoms with Crippen LogP contribution in [0.25, 0.3) is 0 Å². The molecule has 0 saturated heterocycles. The first-order valence-corrected chi connectivity index (χ1v) is 13.1. The molecular formula is C30H44N2O4. The summed E-state index contributed by atoms with van der Waals surface area (Å²) < 4.78 is 11.0. The molecule has 36 heavy (non-hydrogen) atoms. The van der Waals surface area contributed by atoms with Crippen molar-refractivity contribution >= 4 is 11.6 Å². The van der Waals surface area contributed by atoms with Gasteiger partial charge in [-0.2, -0.15) is 0 Å². The minimum absolute atomic E-state index is 0.0768. The number of rotatable bonds is 17. The number of benzene rings is 2. The molecule has 6 heteroatoms. The molecule has 0 fully saturated rings. The van der Waals surface area contributed by atoms with Crippen LogP contribution < -0.4 is 9.47 Å². The first kappa shape index (κ1) is 29.5. The van der Waals surface area contributed by atoms with Gasteiger partial charge in [0.05, 0.1) is 13.2 Å². The van der Waals surface area contributed by atoms with E-state index in [9.17, 15) is 9.59 Å². The van der Waals surface area contributed by atoms with Gasteiger partial charge in [-0.3, -0.25) is 9.59 Å². The maximum atomic E-state index is 13.3. The summed E-state index contributed by atoms with van der Waals surface area (Å²) in [6, 6.07) is 14.9. The second-order valence-electron chi connectivity index (χ2n) is 9.85. The Kier molecular flexibility index (Phi) is 12.6. The van der Waals surface area contributed by atoms with Gasteiger partial charge in [-0.15, -0.1) is 0 Å². The zero-order valence-electron chi connectivity index (χ0n) is 23.0. The van der Waals surface area contributed by atoms with Crippen molar-refractivity contribution in [2.75, 3.05) is 54.5 Å². The number of carbonyl (C=O) groups excluding carboxylic acids is 2. The highest BCUT2D eigenvalue weighted by atomic mass is 16.5. The monoisotopic (exact) mass is 496 g/mol. The maximum Gasteiger partial charge on any atom is 0.167 e. The summed E-state index contributed by atoms with van der Waals surface area (Å²) in [4.78, 5) is 30.6. The third-order valence-corrected chi connectivity index (χ3v) is 6.17. The molecule has 0 aromatic heterocycles. The topological polar surface area (TPSA) is 59.1 Å². The Balaban J connectivity index is 1.99. The summed E-state index contributed by atoms with van der Waals surface area (Å²) in [5.74, 6) is 1.74. The fraction of sp³-hybridized carbons (Fsp3) is 0.533. The zero-order valence-corrected chi connectivity index (χ0v) is 23.0. The van der Waals surface area contributed by atoms with E-state index in [-0.39, 0.29) is 23.4 Å². The molecule has 0 radical (unpaired) electrons. The molecular weight excluding hydrogens is 452 g/mol. The number of ether oxygens (including phenoxy) is 2. The third-order valence-electron chi connectivity index (χ3n) is 6.17. The molecule has 0 aliphatic rings. The van der Waals surface area contributed by atoms with Crippen molar-refractivity contribution in [3.05, 3.63) is 59.7 Å².